The summed E-state index contributed by atoms with van der Waals surface area (Å²) in [6, 6.07) is 3.67. The third-order valence-corrected chi connectivity index (χ3v) is 5.58. The first-order chi connectivity index (χ1) is 8.94. The van der Waals surface area contributed by atoms with E-state index in [9.17, 15) is 8.42 Å². The number of benzene rings is 1. The van der Waals surface area contributed by atoms with Gasteiger partial charge in [-0.2, -0.15) is 5.10 Å². The Morgan fingerprint density at radius 1 is 1.32 bits per heavy atom. The van der Waals surface area contributed by atoms with Crippen LogP contribution in [0.4, 0.5) is 5.69 Å². The molecule has 0 radical (unpaired) electrons. The van der Waals surface area contributed by atoms with Gasteiger partial charge in [0.2, 0.25) is 0 Å². The second-order valence-electron chi connectivity index (χ2n) is 4.92. The van der Waals surface area contributed by atoms with Crippen molar-refractivity contribution in [3.8, 4) is 0 Å². The summed E-state index contributed by atoms with van der Waals surface area (Å²) in [4.78, 5) is 0. The average molecular weight is 300 g/mol. The Labute approximate surface area is 116 Å². The number of fused-ring (bicyclic) bond motifs is 1. The minimum atomic E-state index is -2.85. The van der Waals surface area contributed by atoms with Crippen molar-refractivity contribution in [2.75, 3.05) is 17.2 Å². The van der Waals surface area contributed by atoms with Gasteiger partial charge in [-0.1, -0.05) is 11.6 Å². The van der Waals surface area contributed by atoms with Crippen LogP contribution in [0.5, 0.6) is 0 Å². The molecular weight excluding hydrogens is 286 g/mol. The number of sulfone groups is 1. The molecule has 7 heteroatoms. The van der Waals surface area contributed by atoms with Gasteiger partial charge in [0.1, 0.15) is 9.84 Å². The van der Waals surface area contributed by atoms with Gasteiger partial charge in [-0.05, 0) is 25.0 Å². The molecule has 0 spiro atoms. The molecule has 102 valence electrons. The van der Waals surface area contributed by atoms with Crippen molar-refractivity contribution >= 4 is 38.0 Å². The largest absolute Gasteiger partial charge is 0.398 e. The van der Waals surface area contributed by atoms with Gasteiger partial charge < -0.3 is 5.73 Å². The predicted molar refractivity (Wildman–Crippen MR) is 76.1 cm³/mol. The van der Waals surface area contributed by atoms with E-state index >= 15 is 0 Å². The fourth-order valence-corrected chi connectivity index (χ4v) is 4.04. The van der Waals surface area contributed by atoms with Crippen LogP contribution in [0.1, 0.15) is 18.9 Å². The molecule has 0 amide bonds. The molecule has 1 aromatic carbocycles. The second kappa shape index (κ2) is 4.38. The first kappa shape index (κ1) is 12.7. The summed E-state index contributed by atoms with van der Waals surface area (Å²) < 4.78 is 24.7. The lowest BCUT2D eigenvalue weighted by molar-refractivity contribution is 0.416. The van der Waals surface area contributed by atoms with E-state index in [4.69, 9.17) is 17.3 Å². The molecule has 1 aliphatic heterocycles. The number of nitrogens with two attached hydrogens (primary N) is 1. The molecule has 2 N–H and O–H groups in total. The zero-order valence-corrected chi connectivity index (χ0v) is 11.8. The summed E-state index contributed by atoms with van der Waals surface area (Å²) in [6.45, 7) is 0. The van der Waals surface area contributed by atoms with Gasteiger partial charge in [0.05, 0.1) is 33.8 Å². The molecule has 0 bridgehead atoms. The van der Waals surface area contributed by atoms with Crippen LogP contribution in [0.25, 0.3) is 10.9 Å². The van der Waals surface area contributed by atoms with E-state index < -0.39 is 9.84 Å². The van der Waals surface area contributed by atoms with Crippen LogP contribution < -0.4 is 5.73 Å². The molecule has 2 aromatic rings. The van der Waals surface area contributed by atoms with Gasteiger partial charge in [-0.15, -0.1) is 0 Å². The molecule has 5 nitrogen and oxygen atoms in total. The number of aromatic nitrogens is 2. The van der Waals surface area contributed by atoms with Crippen molar-refractivity contribution in [2.24, 2.45) is 0 Å². The molecular formula is C12H14ClN3O2S. The van der Waals surface area contributed by atoms with Crippen LogP contribution in [0.15, 0.2) is 18.3 Å². The molecule has 1 aromatic heterocycles. The highest BCUT2D eigenvalue weighted by atomic mass is 35.5. The van der Waals surface area contributed by atoms with Gasteiger partial charge in [0.15, 0.2) is 0 Å². The van der Waals surface area contributed by atoms with Crippen LogP contribution in [-0.4, -0.2) is 29.7 Å². The van der Waals surface area contributed by atoms with Gasteiger partial charge in [-0.3, -0.25) is 4.68 Å². The highest BCUT2D eigenvalue weighted by Crippen LogP contribution is 2.28. The number of halogens is 1. The fourth-order valence-electron chi connectivity index (χ4n) is 2.41. The molecule has 1 fully saturated rings. The van der Waals surface area contributed by atoms with Crippen molar-refractivity contribution in [2.45, 2.75) is 18.9 Å². The normalized spacial score (nSPS) is 19.8. The zero-order chi connectivity index (χ0) is 13.6. The molecule has 0 unspecified atom stereocenters. The Morgan fingerprint density at radius 2 is 2.00 bits per heavy atom. The van der Waals surface area contributed by atoms with Gasteiger partial charge in [0.25, 0.3) is 0 Å². The molecule has 0 saturated carbocycles. The fraction of sp³-hybridized carbons (Fsp3) is 0.417. The van der Waals surface area contributed by atoms with E-state index in [1.165, 1.54) is 0 Å². The first-order valence-electron chi connectivity index (χ1n) is 6.09. The zero-order valence-electron chi connectivity index (χ0n) is 10.2. The van der Waals surface area contributed by atoms with Crippen LogP contribution in [-0.2, 0) is 9.84 Å². The Morgan fingerprint density at radius 3 is 2.68 bits per heavy atom. The maximum atomic E-state index is 11.4. The molecule has 19 heavy (non-hydrogen) atoms. The minimum Gasteiger partial charge on any atom is -0.398 e. The van der Waals surface area contributed by atoms with Gasteiger partial charge in [0, 0.05) is 11.6 Å². The summed E-state index contributed by atoms with van der Waals surface area (Å²) in [5.74, 6) is 0.466. The van der Waals surface area contributed by atoms with E-state index in [2.05, 4.69) is 5.10 Å². The van der Waals surface area contributed by atoms with Crippen molar-refractivity contribution < 1.29 is 8.42 Å². The molecule has 3 rings (SSSR count). The third kappa shape index (κ3) is 2.42. The van der Waals surface area contributed by atoms with Crippen molar-refractivity contribution in [3.05, 3.63) is 23.4 Å². The monoisotopic (exact) mass is 299 g/mol. The second-order valence-corrected chi connectivity index (χ2v) is 7.64. The highest BCUT2D eigenvalue weighted by Gasteiger charge is 2.25. The summed E-state index contributed by atoms with van der Waals surface area (Å²) >= 11 is 5.97. The van der Waals surface area contributed by atoms with E-state index in [1.54, 1.807) is 12.1 Å². The molecule has 1 aliphatic rings. The van der Waals surface area contributed by atoms with Crippen molar-refractivity contribution in [1.82, 2.24) is 9.78 Å². The maximum absolute atomic E-state index is 11.4. The Bertz CT molecular complexity index is 686. The van der Waals surface area contributed by atoms with Gasteiger partial charge in [-0.25, -0.2) is 8.42 Å². The molecule has 0 atom stereocenters. The van der Waals surface area contributed by atoms with Crippen LogP contribution in [0.2, 0.25) is 5.02 Å². The minimum absolute atomic E-state index is 0.135. The first-order valence-corrected chi connectivity index (χ1v) is 8.29. The number of rotatable bonds is 1. The lowest BCUT2D eigenvalue weighted by Crippen LogP contribution is -2.25. The third-order valence-electron chi connectivity index (χ3n) is 3.54. The summed E-state index contributed by atoms with van der Waals surface area (Å²) in [5, 5.41) is 5.88. The molecule has 0 aliphatic carbocycles. The smallest absolute Gasteiger partial charge is 0.150 e. The number of hydrogen-bond donors (Lipinski definition) is 1. The van der Waals surface area contributed by atoms with Gasteiger partial charge >= 0.3 is 0 Å². The standard InChI is InChI=1S/C12H14ClN3O2S/c13-10-6-12-8(5-11(10)14)7-16(15-12)9-1-3-19(17,18)4-2-9/h5-7,9H,1-4,14H2. The number of nitrogens with zero attached hydrogens (tertiary/aromatic N) is 2. The van der Waals surface area contributed by atoms with E-state index in [1.807, 2.05) is 10.9 Å². The van der Waals surface area contributed by atoms with Crippen LogP contribution in [0, 0.1) is 0 Å². The quantitative estimate of drug-likeness (QED) is 0.817. The Balaban J connectivity index is 1.94. The molecule has 2 heterocycles. The van der Waals surface area contributed by atoms with E-state index in [0.29, 0.717) is 23.6 Å². The van der Waals surface area contributed by atoms with Crippen molar-refractivity contribution in [3.63, 3.8) is 0 Å². The Kier molecular flexibility index (Phi) is 2.94. The van der Waals surface area contributed by atoms with E-state index in [-0.39, 0.29) is 17.5 Å². The topological polar surface area (TPSA) is 78.0 Å². The summed E-state index contributed by atoms with van der Waals surface area (Å²) in [6.07, 6.45) is 3.13. The lowest BCUT2D eigenvalue weighted by atomic mass is 10.2. The summed E-state index contributed by atoms with van der Waals surface area (Å²) in [7, 11) is -2.85. The predicted octanol–water partition coefficient (Wildman–Crippen LogP) is 2.02. The number of hydrogen-bond acceptors (Lipinski definition) is 4. The lowest BCUT2D eigenvalue weighted by Gasteiger charge is -2.22. The number of nitrogen functional groups attached to an aromatic ring is 1. The van der Waals surface area contributed by atoms with E-state index in [0.717, 1.165) is 10.9 Å². The Hall–Kier alpha value is -1.27. The van der Waals surface area contributed by atoms with Crippen molar-refractivity contribution in [1.29, 1.82) is 0 Å². The SMILES string of the molecule is Nc1cc2cn(C3CCS(=O)(=O)CC3)nc2cc1Cl. The molecule has 1 saturated heterocycles. The maximum Gasteiger partial charge on any atom is 0.150 e. The number of anilines is 1. The van der Waals surface area contributed by atoms with Crippen LogP contribution >= 0.6 is 11.6 Å². The van der Waals surface area contributed by atoms with Crippen LogP contribution in [0.3, 0.4) is 0 Å². The highest BCUT2D eigenvalue weighted by molar-refractivity contribution is 7.91. The summed E-state index contributed by atoms with van der Waals surface area (Å²) in [5.41, 5.74) is 7.07. The average Bonchev–Trinajstić information content (AvgIpc) is 2.72.